The second-order valence-corrected chi connectivity index (χ2v) is 4.99. The van der Waals surface area contributed by atoms with E-state index in [2.05, 4.69) is 0 Å². The fraction of sp³-hybridized carbons (Fsp3) is 0. The molecule has 0 amide bonds. The quantitative estimate of drug-likeness (QED) is 0.487. The second-order valence-electron chi connectivity index (χ2n) is 4.99. The van der Waals surface area contributed by atoms with Crippen molar-refractivity contribution in [2.24, 2.45) is 0 Å². The Morgan fingerprint density at radius 2 is 1.13 bits per heavy atom. The monoisotopic (exact) mass is 300 g/mol. The summed E-state index contributed by atoms with van der Waals surface area (Å²) in [7, 11) is 0. The zero-order chi connectivity index (χ0) is 15.9. The minimum absolute atomic E-state index is 0.00861. The minimum atomic E-state index is -0.00861. The molecule has 0 unspecified atom stereocenters. The third-order valence-electron chi connectivity index (χ3n) is 3.36. The van der Waals surface area contributed by atoms with Gasteiger partial charge in [-0.25, -0.2) is 0 Å². The zero-order valence-corrected chi connectivity index (χ0v) is 12.6. The molecule has 0 bridgehead atoms. The van der Waals surface area contributed by atoms with E-state index in [1.165, 1.54) is 6.07 Å². The highest BCUT2D eigenvalue weighted by atomic mass is 16.3. The van der Waals surface area contributed by atoms with E-state index in [-0.39, 0.29) is 5.43 Å². The van der Waals surface area contributed by atoms with E-state index in [9.17, 15) is 4.79 Å². The first kappa shape index (κ1) is 14.8. The number of hydrogen-bond acceptors (Lipinski definition) is 2. The molecule has 2 nitrogen and oxygen atoms in total. The molecular formula is C21H16O2. The van der Waals surface area contributed by atoms with Crippen molar-refractivity contribution in [3.05, 3.63) is 107 Å². The average Bonchev–Trinajstić information content (AvgIpc) is 2.64. The van der Waals surface area contributed by atoms with Crippen molar-refractivity contribution in [3.63, 3.8) is 0 Å². The van der Waals surface area contributed by atoms with Gasteiger partial charge in [0.15, 0.2) is 5.43 Å². The van der Waals surface area contributed by atoms with Gasteiger partial charge in [0.2, 0.25) is 0 Å². The number of benzene rings is 3. The van der Waals surface area contributed by atoms with Crippen LogP contribution in [0.1, 0.15) is 0 Å². The molecule has 0 saturated heterocycles. The SMILES string of the molecule is O=c1cc(-c2ccccc2)oc2ccccc12.c1ccccc1. The molecule has 0 spiro atoms. The number of hydrogen-bond donors (Lipinski definition) is 0. The Morgan fingerprint density at radius 1 is 0.609 bits per heavy atom. The molecular weight excluding hydrogens is 284 g/mol. The molecule has 4 aromatic rings. The van der Waals surface area contributed by atoms with E-state index in [0.29, 0.717) is 16.7 Å². The summed E-state index contributed by atoms with van der Waals surface area (Å²) in [5, 5.41) is 0.618. The second kappa shape index (κ2) is 7.23. The zero-order valence-electron chi connectivity index (χ0n) is 12.6. The summed E-state index contributed by atoms with van der Waals surface area (Å²) >= 11 is 0. The third kappa shape index (κ3) is 3.74. The number of fused-ring (bicyclic) bond motifs is 1. The van der Waals surface area contributed by atoms with Gasteiger partial charge in [0, 0.05) is 11.6 Å². The van der Waals surface area contributed by atoms with Crippen LogP contribution in [-0.4, -0.2) is 0 Å². The molecule has 4 rings (SSSR count). The summed E-state index contributed by atoms with van der Waals surface area (Å²) < 4.78 is 5.73. The van der Waals surface area contributed by atoms with Crippen molar-refractivity contribution in [1.82, 2.24) is 0 Å². The van der Waals surface area contributed by atoms with Gasteiger partial charge in [0.05, 0.1) is 5.39 Å². The maximum Gasteiger partial charge on any atom is 0.193 e. The maximum atomic E-state index is 11.9. The fourth-order valence-electron chi connectivity index (χ4n) is 2.23. The molecule has 23 heavy (non-hydrogen) atoms. The molecule has 1 aromatic heterocycles. The number of para-hydroxylation sites is 1. The predicted molar refractivity (Wildman–Crippen MR) is 94.4 cm³/mol. The van der Waals surface area contributed by atoms with Gasteiger partial charge in [-0.15, -0.1) is 0 Å². The summed E-state index contributed by atoms with van der Waals surface area (Å²) in [4.78, 5) is 11.9. The van der Waals surface area contributed by atoms with Crippen molar-refractivity contribution < 1.29 is 4.42 Å². The summed E-state index contributed by atoms with van der Waals surface area (Å²) in [6, 6.07) is 30.4. The summed E-state index contributed by atoms with van der Waals surface area (Å²) in [6.45, 7) is 0. The van der Waals surface area contributed by atoms with Gasteiger partial charge in [0.25, 0.3) is 0 Å². The minimum Gasteiger partial charge on any atom is -0.456 e. The van der Waals surface area contributed by atoms with E-state index in [1.807, 2.05) is 84.9 Å². The Bertz CT molecular complexity index is 899. The van der Waals surface area contributed by atoms with Crippen LogP contribution in [-0.2, 0) is 0 Å². The van der Waals surface area contributed by atoms with E-state index < -0.39 is 0 Å². The number of rotatable bonds is 1. The molecule has 2 heteroatoms. The summed E-state index contributed by atoms with van der Waals surface area (Å²) in [5.74, 6) is 0.606. The first-order valence-corrected chi connectivity index (χ1v) is 7.43. The smallest absolute Gasteiger partial charge is 0.193 e. The lowest BCUT2D eigenvalue weighted by Crippen LogP contribution is -1.99. The standard InChI is InChI=1S/C15H10O2.C6H6/c16-13-10-15(11-6-2-1-3-7-11)17-14-9-5-4-8-12(13)14;1-2-4-6-5-3-1/h1-10H;1-6H. The van der Waals surface area contributed by atoms with E-state index in [0.717, 1.165) is 5.56 Å². The molecule has 0 fully saturated rings. The van der Waals surface area contributed by atoms with Gasteiger partial charge < -0.3 is 4.42 Å². The summed E-state index contributed by atoms with van der Waals surface area (Å²) in [6.07, 6.45) is 0. The third-order valence-corrected chi connectivity index (χ3v) is 3.36. The van der Waals surface area contributed by atoms with Crippen molar-refractivity contribution in [2.45, 2.75) is 0 Å². The Labute approximate surface area is 134 Å². The lowest BCUT2D eigenvalue weighted by molar-refractivity contribution is 0.619. The van der Waals surface area contributed by atoms with Crippen LogP contribution in [0.4, 0.5) is 0 Å². The van der Waals surface area contributed by atoms with E-state index in [4.69, 9.17) is 4.42 Å². The Kier molecular flexibility index (Phi) is 4.65. The van der Waals surface area contributed by atoms with Crippen LogP contribution >= 0.6 is 0 Å². The molecule has 112 valence electrons. The Hall–Kier alpha value is -3.13. The molecule has 0 radical (unpaired) electrons. The first-order valence-electron chi connectivity index (χ1n) is 7.43. The van der Waals surface area contributed by atoms with Crippen LogP contribution in [0.3, 0.4) is 0 Å². The van der Waals surface area contributed by atoms with Crippen LogP contribution in [0, 0.1) is 0 Å². The Balaban J connectivity index is 0.000000220. The first-order chi connectivity index (χ1) is 11.3. The van der Waals surface area contributed by atoms with Gasteiger partial charge in [-0.2, -0.15) is 0 Å². The van der Waals surface area contributed by atoms with Crippen molar-refractivity contribution in [2.75, 3.05) is 0 Å². The van der Waals surface area contributed by atoms with Gasteiger partial charge >= 0.3 is 0 Å². The molecule has 0 atom stereocenters. The van der Waals surface area contributed by atoms with E-state index >= 15 is 0 Å². The Morgan fingerprint density at radius 3 is 1.78 bits per heavy atom. The molecule has 3 aromatic carbocycles. The van der Waals surface area contributed by atoms with Crippen LogP contribution in [0.5, 0.6) is 0 Å². The molecule has 1 heterocycles. The van der Waals surface area contributed by atoms with Gasteiger partial charge in [-0.05, 0) is 12.1 Å². The van der Waals surface area contributed by atoms with Crippen molar-refractivity contribution >= 4 is 11.0 Å². The topological polar surface area (TPSA) is 30.2 Å². The molecule has 0 saturated carbocycles. The van der Waals surface area contributed by atoms with Gasteiger partial charge in [0.1, 0.15) is 11.3 Å². The summed E-state index contributed by atoms with van der Waals surface area (Å²) in [5.41, 5.74) is 1.53. The van der Waals surface area contributed by atoms with Crippen LogP contribution < -0.4 is 5.43 Å². The highest BCUT2D eigenvalue weighted by Gasteiger charge is 2.05. The molecule has 0 aliphatic carbocycles. The molecule has 0 aliphatic heterocycles. The van der Waals surface area contributed by atoms with E-state index in [1.54, 1.807) is 6.07 Å². The highest BCUT2D eigenvalue weighted by molar-refractivity contribution is 5.78. The van der Waals surface area contributed by atoms with Crippen LogP contribution in [0.2, 0.25) is 0 Å². The maximum absolute atomic E-state index is 11.9. The van der Waals surface area contributed by atoms with Gasteiger partial charge in [-0.1, -0.05) is 78.9 Å². The molecule has 0 N–H and O–H groups in total. The fourth-order valence-corrected chi connectivity index (χ4v) is 2.23. The highest BCUT2D eigenvalue weighted by Crippen LogP contribution is 2.21. The van der Waals surface area contributed by atoms with Crippen molar-refractivity contribution in [1.29, 1.82) is 0 Å². The average molecular weight is 300 g/mol. The lowest BCUT2D eigenvalue weighted by Gasteiger charge is -2.02. The van der Waals surface area contributed by atoms with Crippen molar-refractivity contribution in [3.8, 4) is 11.3 Å². The largest absolute Gasteiger partial charge is 0.456 e. The van der Waals surface area contributed by atoms with Crippen LogP contribution in [0.15, 0.2) is 106 Å². The normalized spacial score (nSPS) is 9.91. The van der Waals surface area contributed by atoms with Crippen LogP contribution in [0.25, 0.3) is 22.3 Å². The predicted octanol–water partition coefficient (Wildman–Crippen LogP) is 5.15. The lowest BCUT2D eigenvalue weighted by atomic mass is 10.1. The van der Waals surface area contributed by atoms with Gasteiger partial charge in [-0.3, -0.25) is 4.79 Å². The molecule has 0 aliphatic rings.